The number of carbonyl (C=O) groups excluding carboxylic acids is 2. The van der Waals surface area contributed by atoms with Crippen molar-refractivity contribution >= 4 is 39.8 Å². The molecule has 0 unspecified atom stereocenters. The molecule has 0 saturated heterocycles. The maximum Gasteiger partial charge on any atom is 0.251 e. The lowest BCUT2D eigenvalue weighted by atomic mass is 9.72. The number of anilines is 1. The summed E-state index contributed by atoms with van der Waals surface area (Å²) in [5.74, 6) is -0.0729. The van der Waals surface area contributed by atoms with Crippen LogP contribution >= 0.6 is 22.9 Å². The molecule has 2 aromatic rings. The van der Waals surface area contributed by atoms with Gasteiger partial charge in [0.2, 0.25) is 5.91 Å². The third-order valence-electron chi connectivity index (χ3n) is 5.27. The highest BCUT2D eigenvalue weighted by atomic mass is 35.5. The molecule has 0 radical (unpaired) electrons. The van der Waals surface area contributed by atoms with E-state index in [0.717, 1.165) is 30.4 Å². The van der Waals surface area contributed by atoms with E-state index in [1.54, 1.807) is 12.1 Å². The summed E-state index contributed by atoms with van der Waals surface area (Å²) in [7, 11) is 0. The number of thiophene rings is 1. The summed E-state index contributed by atoms with van der Waals surface area (Å²) in [6.45, 7) is 6.75. The second-order valence-corrected chi connectivity index (χ2v) is 9.77. The third-order valence-corrected chi connectivity index (χ3v) is 6.69. The monoisotopic (exact) mass is 404 g/mol. The van der Waals surface area contributed by atoms with Crippen molar-refractivity contribution < 1.29 is 9.59 Å². The number of rotatable bonds is 4. The summed E-state index contributed by atoms with van der Waals surface area (Å²) in [6, 6.07) is 7.17. The van der Waals surface area contributed by atoms with Gasteiger partial charge in [0.25, 0.3) is 5.91 Å². The van der Waals surface area contributed by atoms with E-state index in [1.807, 2.05) is 12.1 Å². The molecule has 3 rings (SSSR count). The van der Waals surface area contributed by atoms with Crippen molar-refractivity contribution in [3.63, 3.8) is 0 Å². The lowest BCUT2D eigenvalue weighted by Crippen LogP contribution is -2.27. The fraction of sp³-hybridized carbons (Fsp3) is 0.429. The summed E-state index contributed by atoms with van der Waals surface area (Å²) >= 11 is 7.38. The third kappa shape index (κ3) is 4.53. The fourth-order valence-corrected chi connectivity index (χ4v) is 5.11. The average Bonchev–Trinajstić information content (AvgIpc) is 2.93. The highest BCUT2D eigenvalue weighted by Gasteiger charge is 2.33. The van der Waals surface area contributed by atoms with Crippen LogP contribution in [0.2, 0.25) is 5.02 Å². The van der Waals surface area contributed by atoms with Crippen LogP contribution in [0.25, 0.3) is 0 Å². The summed E-state index contributed by atoms with van der Waals surface area (Å²) in [5.41, 5.74) is 8.25. The number of nitrogens with one attached hydrogen (secondary N) is 1. The SMILES string of the molecule is CC(C)(C)[C@@H]1CCc2c(sc(NC(=O)Cc3ccc(Cl)cc3)c2C(N)=O)C1. The standard InChI is InChI=1S/C21H25ClN2O2S/c1-21(2,3)13-6-9-15-16(11-13)27-20(18(15)19(23)26)24-17(25)10-12-4-7-14(22)8-5-12/h4-5,7-8,13H,6,9-11H2,1-3H3,(H2,23,26)(H,24,25)/t13-/m1/s1. The first-order valence-electron chi connectivity index (χ1n) is 9.13. The lowest BCUT2D eigenvalue weighted by Gasteiger charge is -2.33. The zero-order valence-electron chi connectivity index (χ0n) is 15.9. The number of carbonyl (C=O) groups is 2. The van der Waals surface area contributed by atoms with E-state index in [-0.39, 0.29) is 17.7 Å². The van der Waals surface area contributed by atoms with Crippen molar-refractivity contribution in [2.24, 2.45) is 17.1 Å². The first kappa shape index (κ1) is 19.9. The average molecular weight is 405 g/mol. The van der Waals surface area contributed by atoms with Gasteiger partial charge in [-0.2, -0.15) is 0 Å². The van der Waals surface area contributed by atoms with Crippen LogP contribution in [0.1, 0.15) is 53.6 Å². The number of fused-ring (bicyclic) bond motifs is 1. The molecule has 0 spiro atoms. The van der Waals surface area contributed by atoms with Crippen LogP contribution in [0.3, 0.4) is 0 Å². The Hall–Kier alpha value is -1.85. The smallest absolute Gasteiger partial charge is 0.251 e. The molecule has 27 heavy (non-hydrogen) atoms. The largest absolute Gasteiger partial charge is 0.365 e. The van der Waals surface area contributed by atoms with E-state index in [9.17, 15) is 9.59 Å². The maximum absolute atomic E-state index is 12.5. The molecule has 1 atom stereocenters. The Balaban J connectivity index is 1.81. The van der Waals surface area contributed by atoms with Crippen LogP contribution in [0.4, 0.5) is 5.00 Å². The Bertz CT molecular complexity index is 866. The van der Waals surface area contributed by atoms with Crippen molar-refractivity contribution in [3.05, 3.63) is 50.9 Å². The quantitative estimate of drug-likeness (QED) is 0.765. The van der Waals surface area contributed by atoms with Crippen molar-refractivity contribution in [3.8, 4) is 0 Å². The molecule has 4 nitrogen and oxygen atoms in total. The maximum atomic E-state index is 12.5. The topological polar surface area (TPSA) is 72.2 Å². The van der Waals surface area contributed by atoms with Crippen LogP contribution in [-0.2, 0) is 24.1 Å². The molecule has 6 heteroatoms. The van der Waals surface area contributed by atoms with Crippen LogP contribution < -0.4 is 11.1 Å². The second kappa shape index (κ2) is 7.64. The van der Waals surface area contributed by atoms with Gasteiger partial charge in [-0.25, -0.2) is 0 Å². The molecule has 0 aliphatic heterocycles. The highest BCUT2D eigenvalue weighted by Crippen LogP contribution is 2.44. The minimum atomic E-state index is -0.469. The Morgan fingerprint density at radius 3 is 2.52 bits per heavy atom. The van der Waals surface area contributed by atoms with E-state index in [0.29, 0.717) is 21.5 Å². The predicted octanol–water partition coefficient (Wildman–Crippen LogP) is 4.83. The molecular formula is C21H25ClN2O2S. The number of halogens is 1. The van der Waals surface area contributed by atoms with E-state index in [4.69, 9.17) is 17.3 Å². The zero-order chi connectivity index (χ0) is 19.8. The van der Waals surface area contributed by atoms with Gasteiger partial charge in [0, 0.05) is 9.90 Å². The van der Waals surface area contributed by atoms with Gasteiger partial charge < -0.3 is 11.1 Å². The molecule has 3 N–H and O–H groups in total. The van der Waals surface area contributed by atoms with Gasteiger partial charge >= 0.3 is 0 Å². The number of hydrogen-bond acceptors (Lipinski definition) is 3. The number of benzene rings is 1. The number of primary amides is 1. The number of nitrogens with two attached hydrogens (primary N) is 1. The molecule has 0 bridgehead atoms. The van der Waals surface area contributed by atoms with Gasteiger partial charge in [-0.15, -0.1) is 11.3 Å². The molecule has 1 aromatic heterocycles. The van der Waals surface area contributed by atoms with E-state index in [2.05, 4.69) is 26.1 Å². The lowest BCUT2D eigenvalue weighted by molar-refractivity contribution is -0.115. The van der Waals surface area contributed by atoms with E-state index < -0.39 is 5.91 Å². The number of amides is 2. The molecule has 2 amide bonds. The Morgan fingerprint density at radius 1 is 1.26 bits per heavy atom. The first-order valence-corrected chi connectivity index (χ1v) is 10.3. The minimum Gasteiger partial charge on any atom is -0.365 e. The molecule has 1 aliphatic carbocycles. The Morgan fingerprint density at radius 2 is 1.93 bits per heavy atom. The summed E-state index contributed by atoms with van der Waals surface area (Å²) in [5, 5.41) is 4.13. The normalized spacial score (nSPS) is 16.7. The second-order valence-electron chi connectivity index (χ2n) is 8.23. The molecule has 144 valence electrons. The van der Waals surface area contributed by atoms with Crippen LogP contribution in [-0.4, -0.2) is 11.8 Å². The Labute approximate surface area is 169 Å². The van der Waals surface area contributed by atoms with Crippen molar-refractivity contribution in [2.75, 3.05) is 5.32 Å². The van der Waals surface area contributed by atoms with Gasteiger partial charge in [-0.05, 0) is 53.9 Å². The van der Waals surface area contributed by atoms with E-state index >= 15 is 0 Å². The molecule has 1 aliphatic rings. The molecule has 0 saturated carbocycles. The Kier molecular flexibility index (Phi) is 5.63. The van der Waals surface area contributed by atoms with Crippen molar-refractivity contribution in [1.82, 2.24) is 0 Å². The van der Waals surface area contributed by atoms with Gasteiger partial charge in [-0.1, -0.05) is 44.5 Å². The highest BCUT2D eigenvalue weighted by molar-refractivity contribution is 7.17. The van der Waals surface area contributed by atoms with Gasteiger partial charge in [0.1, 0.15) is 5.00 Å². The van der Waals surface area contributed by atoms with Gasteiger partial charge in [0.05, 0.1) is 12.0 Å². The van der Waals surface area contributed by atoms with E-state index in [1.165, 1.54) is 16.2 Å². The molecular weight excluding hydrogens is 380 g/mol. The van der Waals surface area contributed by atoms with Crippen LogP contribution in [0.5, 0.6) is 0 Å². The fourth-order valence-electron chi connectivity index (χ4n) is 3.63. The van der Waals surface area contributed by atoms with Gasteiger partial charge in [-0.3, -0.25) is 9.59 Å². The zero-order valence-corrected chi connectivity index (χ0v) is 17.5. The minimum absolute atomic E-state index is 0.161. The van der Waals surface area contributed by atoms with Gasteiger partial charge in [0.15, 0.2) is 0 Å². The van der Waals surface area contributed by atoms with Crippen LogP contribution in [0, 0.1) is 11.3 Å². The molecule has 0 fully saturated rings. The van der Waals surface area contributed by atoms with Crippen molar-refractivity contribution in [1.29, 1.82) is 0 Å². The van der Waals surface area contributed by atoms with Crippen LogP contribution in [0.15, 0.2) is 24.3 Å². The summed E-state index contributed by atoms with van der Waals surface area (Å²) in [6.07, 6.45) is 3.02. The first-order chi connectivity index (χ1) is 12.6. The number of hydrogen-bond donors (Lipinski definition) is 2. The molecule has 1 aromatic carbocycles. The summed E-state index contributed by atoms with van der Waals surface area (Å²) in [4.78, 5) is 25.7. The predicted molar refractivity (Wildman–Crippen MR) is 112 cm³/mol. The molecule has 1 heterocycles. The summed E-state index contributed by atoms with van der Waals surface area (Å²) < 4.78 is 0. The van der Waals surface area contributed by atoms with Crippen molar-refractivity contribution in [2.45, 2.75) is 46.5 Å².